The van der Waals surface area contributed by atoms with Crippen LogP contribution in [0.2, 0.25) is 0 Å². The van der Waals surface area contributed by atoms with Crippen molar-refractivity contribution in [1.82, 2.24) is 20.2 Å². The van der Waals surface area contributed by atoms with E-state index < -0.39 is 11.6 Å². The highest BCUT2D eigenvalue weighted by atomic mass is 16.2. The van der Waals surface area contributed by atoms with E-state index in [1.54, 1.807) is 37.2 Å². The highest BCUT2D eigenvalue weighted by molar-refractivity contribution is 5.99. The molecule has 1 aromatic rings. The molecule has 108 valence electrons. The van der Waals surface area contributed by atoms with Crippen molar-refractivity contribution in [2.24, 2.45) is 0 Å². The zero-order valence-electron chi connectivity index (χ0n) is 12.1. The van der Waals surface area contributed by atoms with Gasteiger partial charge in [-0.1, -0.05) is 13.3 Å². The fourth-order valence-corrected chi connectivity index (χ4v) is 2.30. The SMILES string of the molecule is CCCC1NC(=O)C(C)(C)N(Cc2ncccn2)C1=O. The summed E-state index contributed by atoms with van der Waals surface area (Å²) in [5.74, 6) is 0.342. The van der Waals surface area contributed by atoms with Crippen molar-refractivity contribution in [2.45, 2.75) is 51.7 Å². The molecule has 1 saturated heterocycles. The first kappa shape index (κ1) is 14.4. The molecule has 1 unspecified atom stereocenters. The highest BCUT2D eigenvalue weighted by Gasteiger charge is 2.46. The maximum absolute atomic E-state index is 12.5. The molecule has 1 aliphatic heterocycles. The fourth-order valence-electron chi connectivity index (χ4n) is 2.30. The number of aromatic nitrogens is 2. The van der Waals surface area contributed by atoms with Crippen LogP contribution < -0.4 is 5.32 Å². The van der Waals surface area contributed by atoms with Gasteiger partial charge in [-0.05, 0) is 26.3 Å². The average molecular weight is 276 g/mol. The first-order valence-electron chi connectivity index (χ1n) is 6.85. The molecule has 6 nitrogen and oxygen atoms in total. The topological polar surface area (TPSA) is 75.2 Å². The van der Waals surface area contributed by atoms with Gasteiger partial charge in [-0.25, -0.2) is 9.97 Å². The zero-order valence-corrected chi connectivity index (χ0v) is 12.1. The molecule has 0 aliphatic carbocycles. The second-order valence-corrected chi connectivity index (χ2v) is 5.46. The van der Waals surface area contributed by atoms with Crippen molar-refractivity contribution in [2.75, 3.05) is 0 Å². The van der Waals surface area contributed by atoms with Crippen molar-refractivity contribution in [3.05, 3.63) is 24.3 Å². The Hall–Kier alpha value is -1.98. The van der Waals surface area contributed by atoms with E-state index >= 15 is 0 Å². The Morgan fingerprint density at radius 1 is 1.30 bits per heavy atom. The minimum absolute atomic E-state index is 0.0658. The largest absolute Gasteiger partial charge is 0.342 e. The number of nitrogens with zero attached hydrogens (tertiary/aromatic N) is 3. The van der Waals surface area contributed by atoms with Gasteiger partial charge in [0.25, 0.3) is 0 Å². The Morgan fingerprint density at radius 2 is 1.95 bits per heavy atom. The second kappa shape index (κ2) is 5.56. The minimum Gasteiger partial charge on any atom is -0.342 e. The van der Waals surface area contributed by atoms with E-state index in [9.17, 15) is 9.59 Å². The molecule has 20 heavy (non-hydrogen) atoms. The highest BCUT2D eigenvalue weighted by Crippen LogP contribution is 2.24. The fraction of sp³-hybridized carbons (Fsp3) is 0.571. The van der Waals surface area contributed by atoms with Crippen LogP contribution in [-0.2, 0) is 16.1 Å². The quantitative estimate of drug-likeness (QED) is 0.886. The van der Waals surface area contributed by atoms with Gasteiger partial charge in [0.05, 0.1) is 6.54 Å². The van der Waals surface area contributed by atoms with Gasteiger partial charge in [0.2, 0.25) is 11.8 Å². The molecule has 1 aliphatic rings. The van der Waals surface area contributed by atoms with Gasteiger partial charge in [0.15, 0.2) is 0 Å². The van der Waals surface area contributed by atoms with Crippen molar-refractivity contribution < 1.29 is 9.59 Å². The molecule has 2 heterocycles. The Morgan fingerprint density at radius 3 is 2.55 bits per heavy atom. The first-order chi connectivity index (χ1) is 9.46. The van der Waals surface area contributed by atoms with Crippen LogP contribution in [0.3, 0.4) is 0 Å². The monoisotopic (exact) mass is 276 g/mol. The third-order valence-corrected chi connectivity index (χ3v) is 3.60. The zero-order chi connectivity index (χ0) is 14.8. The molecule has 2 rings (SSSR count). The van der Waals surface area contributed by atoms with Crippen molar-refractivity contribution >= 4 is 11.8 Å². The summed E-state index contributed by atoms with van der Waals surface area (Å²) in [6, 6.07) is 1.28. The molecule has 1 fully saturated rings. The normalized spacial score (nSPS) is 21.8. The standard InChI is InChI=1S/C14H20N4O2/c1-4-6-10-12(19)18(14(2,3)13(20)17-10)9-11-15-7-5-8-16-11/h5,7-8,10H,4,6,9H2,1-3H3,(H,17,20). The molecule has 0 radical (unpaired) electrons. The molecular formula is C14H20N4O2. The van der Waals surface area contributed by atoms with E-state index in [0.717, 1.165) is 6.42 Å². The lowest BCUT2D eigenvalue weighted by atomic mass is 9.94. The Balaban J connectivity index is 2.25. The second-order valence-electron chi connectivity index (χ2n) is 5.46. The predicted molar refractivity (Wildman–Crippen MR) is 73.5 cm³/mol. The van der Waals surface area contributed by atoms with Crippen LogP contribution in [0.5, 0.6) is 0 Å². The Kier molecular flexibility index (Phi) is 4.01. The molecular weight excluding hydrogens is 256 g/mol. The summed E-state index contributed by atoms with van der Waals surface area (Å²) in [6.45, 7) is 5.72. The molecule has 0 bridgehead atoms. The first-order valence-corrected chi connectivity index (χ1v) is 6.85. The van der Waals surface area contributed by atoms with Crippen molar-refractivity contribution in [1.29, 1.82) is 0 Å². The smallest absolute Gasteiger partial charge is 0.246 e. The van der Waals surface area contributed by atoms with Gasteiger partial charge in [0, 0.05) is 12.4 Å². The number of piperazine rings is 1. The predicted octanol–water partition coefficient (Wildman–Crippen LogP) is 0.882. The molecule has 0 aromatic carbocycles. The summed E-state index contributed by atoms with van der Waals surface area (Å²) in [5.41, 5.74) is -0.888. The van der Waals surface area contributed by atoms with Gasteiger partial charge in [0.1, 0.15) is 17.4 Å². The van der Waals surface area contributed by atoms with Gasteiger partial charge >= 0.3 is 0 Å². The number of carbonyl (C=O) groups excluding carboxylic acids is 2. The summed E-state index contributed by atoms with van der Waals surface area (Å²) in [6.07, 6.45) is 4.75. The van der Waals surface area contributed by atoms with E-state index in [1.807, 2.05) is 6.92 Å². The molecule has 0 spiro atoms. The molecule has 0 saturated carbocycles. The molecule has 2 amide bonds. The third kappa shape index (κ3) is 2.64. The molecule has 1 atom stereocenters. The maximum atomic E-state index is 12.5. The maximum Gasteiger partial charge on any atom is 0.246 e. The van der Waals surface area contributed by atoms with Crippen molar-refractivity contribution in [3.63, 3.8) is 0 Å². The van der Waals surface area contributed by atoms with Gasteiger partial charge in [-0.3, -0.25) is 9.59 Å². The third-order valence-electron chi connectivity index (χ3n) is 3.60. The van der Waals surface area contributed by atoms with E-state index in [1.165, 1.54) is 0 Å². The average Bonchev–Trinajstić information content (AvgIpc) is 2.43. The molecule has 6 heteroatoms. The summed E-state index contributed by atoms with van der Waals surface area (Å²) in [7, 11) is 0. The number of nitrogens with one attached hydrogen (secondary N) is 1. The number of hydrogen-bond donors (Lipinski definition) is 1. The van der Waals surface area contributed by atoms with Crippen molar-refractivity contribution in [3.8, 4) is 0 Å². The van der Waals surface area contributed by atoms with Gasteiger partial charge < -0.3 is 10.2 Å². The molecule has 1 N–H and O–H groups in total. The van der Waals surface area contributed by atoms with Crippen LogP contribution in [-0.4, -0.2) is 38.3 Å². The van der Waals surface area contributed by atoms with Gasteiger partial charge in [-0.2, -0.15) is 0 Å². The van der Waals surface area contributed by atoms with Crippen LogP contribution in [0.25, 0.3) is 0 Å². The van der Waals surface area contributed by atoms with Crippen LogP contribution in [0.15, 0.2) is 18.5 Å². The summed E-state index contributed by atoms with van der Waals surface area (Å²) in [5, 5.41) is 2.80. The number of hydrogen-bond acceptors (Lipinski definition) is 4. The van der Waals surface area contributed by atoms with Crippen LogP contribution in [0.4, 0.5) is 0 Å². The lowest BCUT2D eigenvalue weighted by Crippen LogP contribution is -2.67. The Bertz CT molecular complexity index is 501. The van der Waals surface area contributed by atoms with Crippen LogP contribution in [0, 0.1) is 0 Å². The number of carbonyl (C=O) groups is 2. The van der Waals surface area contributed by atoms with Crippen LogP contribution >= 0.6 is 0 Å². The van der Waals surface area contributed by atoms with Crippen LogP contribution in [0.1, 0.15) is 39.4 Å². The summed E-state index contributed by atoms with van der Waals surface area (Å²) >= 11 is 0. The van der Waals surface area contributed by atoms with E-state index in [-0.39, 0.29) is 18.4 Å². The lowest BCUT2D eigenvalue weighted by Gasteiger charge is -2.43. The lowest BCUT2D eigenvalue weighted by molar-refractivity contribution is -0.156. The number of amides is 2. The Labute approximate surface area is 118 Å². The van der Waals surface area contributed by atoms with E-state index in [0.29, 0.717) is 12.2 Å². The van der Waals surface area contributed by atoms with E-state index in [2.05, 4.69) is 15.3 Å². The van der Waals surface area contributed by atoms with E-state index in [4.69, 9.17) is 0 Å². The number of rotatable bonds is 4. The summed E-state index contributed by atoms with van der Waals surface area (Å²) < 4.78 is 0. The summed E-state index contributed by atoms with van der Waals surface area (Å²) in [4.78, 5) is 34.6. The van der Waals surface area contributed by atoms with Gasteiger partial charge in [-0.15, -0.1) is 0 Å². The minimum atomic E-state index is -0.888. The molecule has 1 aromatic heterocycles.